The molecule has 6 rings (SSSR count). The molecular weight excluding hydrogens is 497 g/mol. The van der Waals surface area contributed by atoms with Crippen molar-refractivity contribution in [2.45, 2.75) is 50.1 Å². The highest BCUT2D eigenvalue weighted by molar-refractivity contribution is 6.31. The molecule has 4 aromatic rings. The number of hydrogen-bond donors (Lipinski definition) is 1. The molecule has 0 radical (unpaired) electrons. The zero-order valence-electron chi connectivity index (χ0n) is 22.2. The number of carbonyl (C=O) groups excluding carboxylic acids is 1. The minimum Gasteiger partial charge on any atom is -0.356 e. The summed E-state index contributed by atoms with van der Waals surface area (Å²) in [5, 5.41) is 1.81. The van der Waals surface area contributed by atoms with Crippen LogP contribution >= 0.6 is 11.6 Å². The second-order valence-corrected chi connectivity index (χ2v) is 11.7. The smallest absolute Gasteiger partial charge is 0.254 e. The van der Waals surface area contributed by atoms with Gasteiger partial charge in [-0.2, -0.15) is 0 Å². The number of aromatic nitrogens is 1. The van der Waals surface area contributed by atoms with Crippen LogP contribution in [-0.4, -0.2) is 41.3 Å². The van der Waals surface area contributed by atoms with Gasteiger partial charge in [0.1, 0.15) is 5.82 Å². The molecule has 1 spiro atoms. The molecule has 1 aliphatic heterocycles. The van der Waals surface area contributed by atoms with Crippen molar-refractivity contribution in [2.75, 3.05) is 20.6 Å². The quantitative estimate of drug-likeness (QED) is 0.305. The van der Waals surface area contributed by atoms with Gasteiger partial charge in [0, 0.05) is 39.3 Å². The summed E-state index contributed by atoms with van der Waals surface area (Å²) in [7, 11) is 4.16. The number of rotatable bonds is 3. The summed E-state index contributed by atoms with van der Waals surface area (Å²) in [6.07, 6.45) is 3.95. The number of amides is 1. The van der Waals surface area contributed by atoms with Crippen molar-refractivity contribution in [3.63, 3.8) is 0 Å². The fourth-order valence-corrected chi connectivity index (χ4v) is 7.40. The van der Waals surface area contributed by atoms with Gasteiger partial charge < -0.3 is 9.88 Å². The Morgan fingerprint density at radius 3 is 2.47 bits per heavy atom. The molecule has 1 N–H and O–H groups in total. The highest BCUT2D eigenvalue weighted by atomic mass is 35.5. The van der Waals surface area contributed by atoms with Gasteiger partial charge in [-0.25, -0.2) is 4.39 Å². The molecule has 1 aliphatic carbocycles. The summed E-state index contributed by atoms with van der Waals surface area (Å²) in [6.45, 7) is 2.61. The van der Waals surface area contributed by atoms with E-state index in [0.29, 0.717) is 17.1 Å². The third-order valence-electron chi connectivity index (χ3n) is 9.04. The van der Waals surface area contributed by atoms with Crippen LogP contribution in [0.4, 0.5) is 4.39 Å². The molecular formula is C32H33ClFN3O. The summed E-state index contributed by atoms with van der Waals surface area (Å²) in [5.41, 5.74) is 5.39. The number of para-hydroxylation sites is 1. The molecule has 1 saturated carbocycles. The van der Waals surface area contributed by atoms with Gasteiger partial charge in [-0.15, -0.1) is 0 Å². The maximum atomic E-state index is 14.4. The number of fused-ring (bicyclic) bond motifs is 4. The van der Waals surface area contributed by atoms with Gasteiger partial charge in [0.2, 0.25) is 0 Å². The second-order valence-electron chi connectivity index (χ2n) is 11.2. The van der Waals surface area contributed by atoms with Gasteiger partial charge in [0.05, 0.1) is 5.54 Å². The van der Waals surface area contributed by atoms with E-state index in [-0.39, 0.29) is 17.3 Å². The van der Waals surface area contributed by atoms with Crippen molar-refractivity contribution < 1.29 is 9.18 Å². The Morgan fingerprint density at radius 2 is 1.76 bits per heavy atom. The monoisotopic (exact) mass is 529 g/mol. The molecule has 0 atom stereocenters. The predicted molar refractivity (Wildman–Crippen MR) is 151 cm³/mol. The number of aryl methyl sites for hydroxylation is 1. The SMILES string of the molecule is Cc1cc(Cl)cc(C(=O)N2CCc3c([nH]c4ccccc34)C23CCC(c2cccc(F)c2)(N(C)C)CC3)c1. The van der Waals surface area contributed by atoms with E-state index in [9.17, 15) is 9.18 Å². The highest BCUT2D eigenvalue weighted by Gasteiger charge is 2.53. The van der Waals surface area contributed by atoms with Crippen LogP contribution in [0.15, 0.2) is 66.7 Å². The summed E-state index contributed by atoms with van der Waals surface area (Å²) in [6, 6.07) is 21.0. The molecule has 0 saturated heterocycles. The van der Waals surface area contributed by atoms with Gasteiger partial charge in [-0.1, -0.05) is 41.9 Å². The van der Waals surface area contributed by atoms with E-state index in [1.807, 2.05) is 25.1 Å². The van der Waals surface area contributed by atoms with Gasteiger partial charge in [0.25, 0.3) is 5.91 Å². The lowest BCUT2D eigenvalue weighted by Gasteiger charge is -2.55. The van der Waals surface area contributed by atoms with E-state index in [2.05, 4.69) is 53.1 Å². The number of H-pyrrole nitrogens is 1. The normalized spacial score (nSPS) is 23.3. The number of benzene rings is 3. The minimum absolute atomic E-state index is 0.0167. The first kappa shape index (κ1) is 25.1. The molecule has 6 heteroatoms. The predicted octanol–water partition coefficient (Wildman–Crippen LogP) is 7.19. The molecule has 4 nitrogen and oxygen atoms in total. The third-order valence-corrected chi connectivity index (χ3v) is 9.26. The van der Waals surface area contributed by atoms with E-state index in [4.69, 9.17) is 11.6 Å². The Labute approximate surface area is 228 Å². The number of aromatic amines is 1. The average molecular weight is 530 g/mol. The number of nitrogens with one attached hydrogen (secondary N) is 1. The molecule has 3 aromatic carbocycles. The molecule has 2 heterocycles. The first-order valence-corrected chi connectivity index (χ1v) is 13.7. The van der Waals surface area contributed by atoms with Crippen molar-refractivity contribution in [3.8, 4) is 0 Å². The van der Waals surface area contributed by atoms with Crippen molar-refractivity contribution in [1.29, 1.82) is 0 Å². The largest absolute Gasteiger partial charge is 0.356 e. The average Bonchev–Trinajstić information content (AvgIpc) is 3.28. The van der Waals surface area contributed by atoms with Crippen LogP contribution in [0.5, 0.6) is 0 Å². The minimum atomic E-state index is -0.479. The zero-order valence-corrected chi connectivity index (χ0v) is 22.9. The molecule has 1 fully saturated rings. The van der Waals surface area contributed by atoms with Crippen LogP contribution in [0.1, 0.15) is 58.4 Å². The van der Waals surface area contributed by atoms with Crippen LogP contribution in [0.2, 0.25) is 5.02 Å². The van der Waals surface area contributed by atoms with Crippen molar-refractivity contribution in [1.82, 2.24) is 14.8 Å². The van der Waals surface area contributed by atoms with E-state index < -0.39 is 5.54 Å². The fourth-order valence-electron chi connectivity index (χ4n) is 7.11. The molecule has 1 aromatic heterocycles. The second kappa shape index (κ2) is 9.25. The lowest BCUT2D eigenvalue weighted by atomic mass is 9.65. The molecule has 1 amide bonds. The fraction of sp³-hybridized carbons (Fsp3) is 0.344. The molecule has 0 unspecified atom stereocenters. The number of carbonyl (C=O) groups is 1. The van der Waals surface area contributed by atoms with Gasteiger partial charge >= 0.3 is 0 Å². The summed E-state index contributed by atoms with van der Waals surface area (Å²) in [4.78, 5) is 22.3. The van der Waals surface area contributed by atoms with E-state index in [1.165, 1.54) is 17.0 Å². The Bertz CT molecular complexity index is 1510. The topological polar surface area (TPSA) is 39.3 Å². The van der Waals surface area contributed by atoms with Gasteiger partial charge in [-0.3, -0.25) is 9.69 Å². The Balaban J connectivity index is 1.47. The number of hydrogen-bond acceptors (Lipinski definition) is 2. The highest BCUT2D eigenvalue weighted by Crippen LogP contribution is 2.54. The van der Waals surface area contributed by atoms with Crippen molar-refractivity contribution in [3.05, 3.63) is 106 Å². The van der Waals surface area contributed by atoms with Crippen LogP contribution in [-0.2, 0) is 17.5 Å². The third kappa shape index (κ3) is 3.87. The van der Waals surface area contributed by atoms with Gasteiger partial charge in [-0.05, 0) is 106 Å². The molecule has 38 heavy (non-hydrogen) atoms. The Kier molecular flexibility index (Phi) is 6.12. The standard InChI is InChI=1S/C32H33ClFN3O/c1-21-17-22(19-24(33)18-21)30(38)37-16-11-27-26-9-4-5-10-28(26)35-29(27)32(37)14-12-31(13-15-32,36(2)3)23-7-6-8-25(34)20-23/h4-10,17-20,35H,11-16H2,1-3H3. The summed E-state index contributed by atoms with van der Waals surface area (Å²) < 4.78 is 14.4. The maximum absolute atomic E-state index is 14.4. The summed E-state index contributed by atoms with van der Waals surface area (Å²) in [5.74, 6) is -0.198. The van der Waals surface area contributed by atoms with Crippen LogP contribution in [0.25, 0.3) is 10.9 Å². The lowest BCUT2D eigenvalue weighted by molar-refractivity contribution is -0.0142. The summed E-state index contributed by atoms with van der Waals surface area (Å²) >= 11 is 6.38. The molecule has 2 aliphatic rings. The Hall–Kier alpha value is -3.15. The number of halogens is 2. The molecule has 0 bridgehead atoms. The van der Waals surface area contributed by atoms with Gasteiger partial charge in [0.15, 0.2) is 0 Å². The van der Waals surface area contributed by atoms with Crippen LogP contribution < -0.4 is 0 Å². The Morgan fingerprint density at radius 1 is 1.00 bits per heavy atom. The zero-order chi connectivity index (χ0) is 26.7. The lowest BCUT2D eigenvalue weighted by Crippen LogP contribution is -2.58. The van der Waals surface area contributed by atoms with E-state index >= 15 is 0 Å². The van der Waals surface area contributed by atoms with E-state index in [1.54, 1.807) is 18.2 Å². The molecule has 196 valence electrons. The van der Waals surface area contributed by atoms with E-state index in [0.717, 1.165) is 54.4 Å². The van der Waals surface area contributed by atoms with Crippen molar-refractivity contribution >= 4 is 28.4 Å². The first-order valence-electron chi connectivity index (χ1n) is 13.4. The van der Waals surface area contributed by atoms with Crippen LogP contribution in [0, 0.1) is 12.7 Å². The van der Waals surface area contributed by atoms with Crippen LogP contribution in [0.3, 0.4) is 0 Å². The van der Waals surface area contributed by atoms with Crippen molar-refractivity contribution in [2.24, 2.45) is 0 Å². The maximum Gasteiger partial charge on any atom is 0.254 e. The first-order chi connectivity index (χ1) is 18.2. The number of nitrogens with zero attached hydrogens (tertiary/aromatic N) is 2.